The molecule has 2 heterocycles. The van der Waals surface area contributed by atoms with Crippen molar-refractivity contribution in [2.45, 2.75) is 32.9 Å². The third-order valence-electron chi connectivity index (χ3n) is 2.38. The lowest BCUT2D eigenvalue weighted by molar-refractivity contribution is 0.566. The molecule has 0 fully saturated rings. The standard InChI is InChI=1S/C11H15N3S2/c1-3-11-14-10(6-15-11)8(2)13-5-9-4-12-7-16-9/h4,6-8,13H,3,5H2,1-2H3. The van der Waals surface area contributed by atoms with Crippen LogP contribution in [0.25, 0.3) is 0 Å². The van der Waals surface area contributed by atoms with E-state index in [1.807, 2.05) is 11.7 Å². The van der Waals surface area contributed by atoms with Crippen LogP contribution >= 0.6 is 22.7 Å². The van der Waals surface area contributed by atoms with Crippen LogP contribution in [0, 0.1) is 0 Å². The third-order valence-corrected chi connectivity index (χ3v) is 4.17. The molecule has 3 nitrogen and oxygen atoms in total. The van der Waals surface area contributed by atoms with Gasteiger partial charge in [0.1, 0.15) is 0 Å². The molecule has 0 aliphatic carbocycles. The summed E-state index contributed by atoms with van der Waals surface area (Å²) in [5.74, 6) is 0. The van der Waals surface area contributed by atoms with Crippen LogP contribution in [0.5, 0.6) is 0 Å². The minimum Gasteiger partial charge on any atom is -0.304 e. The van der Waals surface area contributed by atoms with Crippen molar-refractivity contribution in [3.63, 3.8) is 0 Å². The van der Waals surface area contributed by atoms with Crippen molar-refractivity contribution in [3.05, 3.63) is 32.7 Å². The fraction of sp³-hybridized carbons (Fsp3) is 0.455. The highest BCUT2D eigenvalue weighted by atomic mass is 32.1. The van der Waals surface area contributed by atoms with E-state index in [1.165, 1.54) is 9.88 Å². The van der Waals surface area contributed by atoms with Crippen LogP contribution in [0.4, 0.5) is 0 Å². The molecule has 0 saturated heterocycles. The maximum atomic E-state index is 4.57. The van der Waals surface area contributed by atoms with Gasteiger partial charge in [-0.05, 0) is 13.3 Å². The molecule has 0 saturated carbocycles. The maximum absolute atomic E-state index is 4.57. The predicted octanol–water partition coefficient (Wildman–Crippen LogP) is 3.01. The average molecular weight is 253 g/mol. The monoisotopic (exact) mass is 253 g/mol. The first-order valence-electron chi connectivity index (χ1n) is 5.34. The molecule has 0 amide bonds. The number of hydrogen-bond donors (Lipinski definition) is 1. The Morgan fingerprint density at radius 2 is 2.31 bits per heavy atom. The molecule has 16 heavy (non-hydrogen) atoms. The highest BCUT2D eigenvalue weighted by molar-refractivity contribution is 7.09. The largest absolute Gasteiger partial charge is 0.304 e. The quantitative estimate of drug-likeness (QED) is 0.890. The van der Waals surface area contributed by atoms with Gasteiger partial charge in [0.2, 0.25) is 0 Å². The average Bonchev–Trinajstić information content (AvgIpc) is 2.96. The number of rotatable bonds is 5. The molecule has 0 spiro atoms. The Bertz CT molecular complexity index is 422. The van der Waals surface area contributed by atoms with Crippen LogP contribution in [0.2, 0.25) is 0 Å². The molecule has 0 bridgehead atoms. The first-order valence-corrected chi connectivity index (χ1v) is 7.10. The van der Waals surface area contributed by atoms with Crippen LogP contribution in [0.3, 0.4) is 0 Å². The molecule has 2 rings (SSSR count). The van der Waals surface area contributed by atoms with Gasteiger partial charge in [0.05, 0.1) is 16.2 Å². The molecule has 2 aromatic rings. The van der Waals surface area contributed by atoms with Gasteiger partial charge in [-0.3, -0.25) is 4.98 Å². The molecule has 1 N–H and O–H groups in total. The van der Waals surface area contributed by atoms with Crippen LogP contribution in [0.1, 0.15) is 35.5 Å². The van der Waals surface area contributed by atoms with Gasteiger partial charge < -0.3 is 5.32 Å². The van der Waals surface area contributed by atoms with E-state index in [1.54, 1.807) is 22.7 Å². The van der Waals surface area contributed by atoms with Crippen molar-refractivity contribution in [1.29, 1.82) is 0 Å². The molecule has 0 radical (unpaired) electrons. The fourth-order valence-corrected chi connectivity index (χ4v) is 2.76. The summed E-state index contributed by atoms with van der Waals surface area (Å²) >= 11 is 3.42. The molecule has 86 valence electrons. The van der Waals surface area contributed by atoms with E-state index in [4.69, 9.17) is 0 Å². The Balaban J connectivity index is 1.90. The van der Waals surface area contributed by atoms with Gasteiger partial charge in [-0.25, -0.2) is 4.98 Å². The smallest absolute Gasteiger partial charge is 0.0926 e. The van der Waals surface area contributed by atoms with Gasteiger partial charge in [-0.15, -0.1) is 22.7 Å². The number of nitrogens with zero attached hydrogens (tertiary/aromatic N) is 2. The van der Waals surface area contributed by atoms with Crippen molar-refractivity contribution in [1.82, 2.24) is 15.3 Å². The molecule has 0 aliphatic rings. The number of thiazole rings is 2. The molecule has 1 atom stereocenters. The minimum atomic E-state index is 0.304. The van der Waals surface area contributed by atoms with E-state index in [9.17, 15) is 0 Å². The summed E-state index contributed by atoms with van der Waals surface area (Å²) in [4.78, 5) is 9.89. The second-order valence-electron chi connectivity index (χ2n) is 3.59. The molecule has 5 heteroatoms. The predicted molar refractivity (Wildman–Crippen MR) is 68.9 cm³/mol. The zero-order chi connectivity index (χ0) is 11.4. The van der Waals surface area contributed by atoms with Gasteiger partial charge in [-0.2, -0.15) is 0 Å². The normalized spacial score (nSPS) is 12.9. The Labute approximate surface area is 104 Å². The second-order valence-corrected chi connectivity index (χ2v) is 5.50. The van der Waals surface area contributed by atoms with Crippen LogP contribution in [-0.4, -0.2) is 9.97 Å². The van der Waals surface area contributed by atoms with Crippen molar-refractivity contribution in [2.24, 2.45) is 0 Å². The van der Waals surface area contributed by atoms with Crippen LogP contribution < -0.4 is 5.32 Å². The van der Waals surface area contributed by atoms with E-state index >= 15 is 0 Å². The highest BCUT2D eigenvalue weighted by Gasteiger charge is 2.09. The fourth-order valence-electron chi connectivity index (χ4n) is 1.37. The van der Waals surface area contributed by atoms with Gasteiger partial charge in [-0.1, -0.05) is 6.92 Å². The Morgan fingerprint density at radius 1 is 1.44 bits per heavy atom. The Kier molecular flexibility index (Phi) is 4.04. The highest BCUT2D eigenvalue weighted by Crippen LogP contribution is 2.17. The second kappa shape index (κ2) is 5.52. The zero-order valence-corrected chi connectivity index (χ0v) is 11.1. The van der Waals surface area contributed by atoms with E-state index in [0.29, 0.717) is 6.04 Å². The number of aromatic nitrogens is 2. The topological polar surface area (TPSA) is 37.8 Å². The van der Waals surface area contributed by atoms with Crippen molar-refractivity contribution < 1.29 is 0 Å². The summed E-state index contributed by atoms with van der Waals surface area (Å²) in [6.07, 6.45) is 2.93. The summed E-state index contributed by atoms with van der Waals surface area (Å²) in [5, 5.41) is 6.81. The first-order chi connectivity index (χ1) is 7.79. The van der Waals surface area contributed by atoms with E-state index < -0.39 is 0 Å². The first kappa shape index (κ1) is 11.7. The molecule has 0 aromatic carbocycles. The van der Waals surface area contributed by atoms with Crippen molar-refractivity contribution in [3.8, 4) is 0 Å². The lowest BCUT2D eigenvalue weighted by Crippen LogP contribution is -2.17. The summed E-state index contributed by atoms with van der Waals surface area (Å²) in [6.45, 7) is 5.15. The van der Waals surface area contributed by atoms with Gasteiger partial charge in [0.15, 0.2) is 0 Å². The minimum absolute atomic E-state index is 0.304. The third kappa shape index (κ3) is 2.87. The lowest BCUT2D eigenvalue weighted by atomic mass is 10.2. The summed E-state index contributed by atoms with van der Waals surface area (Å²) in [6, 6.07) is 0.304. The van der Waals surface area contributed by atoms with Crippen molar-refractivity contribution >= 4 is 22.7 Å². The van der Waals surface area contributed by atoms with Gasteiger partial charge in [0, 0.05) is 29.0 Å². The summed E-state index contributed by atoms with van der Waals surface area (Å²) < 4.78 is 0. The van der Waals surface area contributed by atoms with Gasteiger partial charge in [0.25, 0.3) is 0 Å². The van der Waals surface area contributed by atoms with Gasteiger partial charge >= 0.3 is 0 Å². The van der Waals surface area contributed by atoms with Crippen LogP contribution in [0.15, 0.2) is 17.1 Å². The zero-order valence-electron chi connectivity index (χ0n) is 9.43. The molecule has 0 aliphatic heterocycles. The van der Waals surface area contributed by atoms with E-state index in [0.717, 1.165) is 18.7 Å². The lowest BCUT2D eigenvalue weighted by Gasteiger charge is -2.09. The molecule has 2 aromatic heterocycles. The van der Waals surface area contributed by atoms with E-state index in [-0.39, 0.29) is 0 Å². The number of nitrogens with one attached hydrogen (secondary N) is 1. The summed E-state index contributed by atoms with van der Waals surface area (Å²) in [5.41, 5.74) is 3.01. The molecular formula is C11H15N3S2. The maximum Gasteiger partial charge on any atom is 0.0926 e. The SMILES string of the molecule is CCc1nc(C(C)NCc2cncs2)cs1. The Morgan fingerprint density at radius 3 is 2.94 bits per heavy atom. The molecule has 1 unspecified atom stereocenters. The molecular weight excluding hydrogens is 238 g/mol. The van der Waals surface area contributed by atoms with Crippen molar-refractivity contribution in [2.75, 3.05) is 0 Å². The van der Waals surface area contributed by atoms with E-state index in [2.05, 4.69) is 34.5 Å². The number of aryl methyl sites for hydroxylation is 1. The Hall–Kier alpha value is -0.780. The summed E-state index contributed by atoms with van der Waals surface area (Å²) in [7, 11) is 0. The van der Waals surface area contributed by atoms with Crippen LogP contribution in [-0.2, 0) is 13.0 Å². The number of hydrogen-bond acceptors (Lipinski definition) is 5.